The SMILES string of the molecule is C=C(NCC(C)(C)C)c1ccc(CC(CCC)CCC)c(C)c1. The van der Waals surface area contributed by atoms with Crippen LogP contribution in [0, 0.1) is 18.3 Å². The molecule has 0 saturated carbocycles. The van der Waals surface area contributed by atoms with Crippen molar-refractivity contribution >= 4 is 5.70 Å². The Morgan fingerprint density at radius 2 is 1.74 bits per heavy atom. The molecule has 0 aromatic heterocycles. The Kier molecular flexibility index (Phi) is 7.88. The fourth-order valence-electron chi connectivity index (χ4n) is 3.06. The summed E-state index contributed by atoms with van der Waals surface area (Å²) >= 11 is 0. The quantitative estimate of drug-likeness (QED) is 0.559. The number of aryl methyl sites for hydroxylation is 1. The maximum Gasteiger partial charge on any atom is 0.0341 e. The van der Waals surface area contributed by atoms with E-state index >= 15 is 0 Å². The molecular formula is C22H37N. The zero-order valence-electron chi connectivity index (χ0n) is 16.3. The highest BCUT2D eigenvalue weighted by Crippen LogP contribution is 2.24. The van der Waals surface area contributed by atoms with Crippen molar-refractivity contribution in [2.24, 2.45) is 11.3 Å². The molecule has 23 heavy (non-hydrogen) atoms. The predicted molar refractivity (Wildman–Crippen MR) is 105 cm³/mol. The molecule has 0 radical (unpaired) electrons. The molecule has 0 fully saturated rings. The summed E-state index contributed by atoms with van der Waals surface area (Å²) in [6.45, 7) is 18.7. The van der Waals surface area contributed by atoms with E-state index < -0.39 is 0 Å². The summed E-state index contributed by atoms with van der Waals surface area (Å²) in [5, 5.41) is 3.47. The molecule has 0 spiro atoms. The molecule has 1 nitrogen and oxygen atoms in total. The van der Waals surface area contributed by atoms with Crippen molar-refractivity contribution in [1.29, 1.82) is 0 Å². The van der Waals surface area contributed by atoms with Gasteiger partial charge in [-0.15, -0.1) is 0 Å². The van der Waals surface area contributed by atoms with Crippen LogP contribution in [0.1, 0.15) is 77.0 Å². The summed E-state index contributed by atoms with van der Waals surface area (Å²) in [7, 11) is 0. The summed E-state index contributed by atoms with van der Waals surface area (Å²) in [4.78, 5) is 0. The summed E-state index contributed by atoms with van der Waals surface area (Å²) in [6.07, 6.45) is 6.48. The van der Waals surface area contributed by atoms with Gasteiger partial charge in [-0.2, -0.15) is 0 Å². The molecule has 1 heteroatoms. The molecule has 1 aromatic carbocycles. The van der Waals surface area contributed by atoms with E-state index in [1.165, 1.54) is 48.8 Å². The Bertz CT molecular complexity index is 487. The van der Waals surface area contributed by atoms with Gasteiger partial charge in [-0.25, -0.2) is 0 Å². The van der Waals surface area contributed by atoms with Crippen molar-refractivity contribution in [2.75, 3.05) is 6.54 Å². The third kappa shape index (κ3) is 7.24. The Morgan fingerprint density at radius 1 is 1.13 bits per heavy atom. The second-order valence-electron chi connectivity index (χ2n) is 8.18. The van der Waals surface area contributed by atoms with E-state index in [1.807, 2.05) is 0 Å². The normalized spacial score (nSPS) is 11.8. The molecule has 0 amide bonds. The molecule has 1 rings (SSSR count). The van der Waals surface area contributed by atoms with Crippen molar-refractivity contribution in [3.63, 3.8) is 0 Å². The van der Waals surface area contributed by atoms with Crippen LogP contribution >= 0.6 is 0 Å². The highest BCUT2D eigenvalue weighted by Gasteiger charge is 2.12. The molecule has 0 atom stereocenters. The van der Waals surface area contributed by atoms with Crippen LogP contribution in [0.2, 0.25) is 0 Å². The first-order valence-electron chi connectivity index (χ1n) is 9.29. The van der Waals surface area contributed by atoms with Gasteiger partial charge in [0.1, 0.15) is 0 Å². The molecule has 1 aromatic rings. The maximum atomic E-state index is 4.21. The highest BCUT2D eigenvalue weighted by atomic mass is 14.9. The summed E-state index contributed by atoms with van der Waals surface area (Å²) in [6, 6.07) is 6.84. The molecule has 130 valence electrons. The fraction of sp³-hybridized carbons (Fsp3) is 0.636. The van der Waals surface area contributed by atoms with E-state index in [2.05, 4.69) is 71.6 Å². The second-order valence-corrected chi connectivity index (χ2v) is 8.18. The van der Waals surface area contributed by atoms with E-state index in [4.69, 9.17) is 0 Å². The lowest BCUT2D eigenvalue weighted by Crippen LogP contribution is -2.25. The van der Waals surface area contributed by atoms with Crippen LogP contribution in [0.15, 0.2) is 24.8 Å². The van der Waals surface area contributed by atoms with Gasteiger partial charge in [-0.05, 0) is 47.4 Å². The first kappa shape index (κ1) is 19.8. The van der Waals surface area contributed by atoms with Crippen molar-refractivity contribution in [2.45, 2.75) is 73.6 Å². The average Bonchev–Trinajstić information content (AvgIpc) is 2.46. The number of hydrogen-bond acceptors (Lipinski definition) is 1. The summed E-state index contributed by atoms with van der Waals surface area (Å²) in [5.74, 6) is 0.830. The minimum atomic E-state index is 0.269. The van der Waals surface area contributed by atoms with Gasteiger partial charge in [0.05, 0.1) is 0 Å². The molecule has 0 aliphatic heterocycles. The first-order chi connectivity index (χ1) is 10.8. The van der Waals surface area contributed by atoms with E-state index in [0.717, 1.165) is 18.2 Å². The minimum absolute atomic E-state index is 0.269. The molecule has 0 aliphatic rings. The summed E-state index contributed by atoms with van der Waals surface area (Å²) < 4.78 is 0. The monoisotopic (exact) mass is 315 g/mol. The maximum absolute atomic E-state index is 4.21. The first-order valence-corrected chi connectivity index (χ1v) is 9.29. The van der Waals surface area contributed by atoms with Gasteiger partial charge in [0, 0.05) is 12.2 Å². The molecule has 0 heterocycles. The van der Waals surface area contributed by atoms with Crippen LogP contribution in [0.5, 0.6) is 0 Å². The van der Waals surface area contributed by atoms with Crippen LogP contribution in [0.3, 0.4) is 0 Å². The van der Waals surface area contributed by atoms with Crippen LogP contribution in [-0.2, 0) is 6.42 Å². The van der Waals surface area contributed by atoms with Crippen molar-refractivity contribution in [3.8, 4) is 0 Å². The molecule has 0 saturated heterocycles. The molecule has 1 N–H and O–H groups in total. The standard InChI is InChI=1S/C22H37N/c1-8-10-19(11-9-2)15-20-12-13-21(14-17(20)3)18(4)23-16-22(5,6)7/h12-14,19,23H,4,8-11,15-16H2,1-3,5-7H3. The van der Waals surface area contributed by atoms with Gasteiger partial charge >= 0.3 is 0 Å². The lowest BCUT2D eigenvalue weighted by atomic mass is 9.88. The second kappa shape index (κ2) is 9.15. The molecule has 0 bridgehead atoms. The lowest BCUT2D eigenvalue weighted by Gasteiger charge is -2.21. The van der Waals surface area contributed by atoms with Gasteiger partial charge in [0.15, 0.2) is 0 Å². The Labute approximate surface area is 144 Å². The fourth-order valence-corrected chi connectivity index (χ4v) is 3.06. The number of hydrogen-bond donors (Lipinski definition) is 1. The lowest BCUT2D eigenvalue weighted by molar-refractivity contribution is 0.406. The van der Waals surface area contributed by atoms with Gasteiger partial charge < -0.3 is 5.32 Å². The van der Waals surface area contributed by atoms with Crippen LogP contribution in [-0.4, -0.2) is 6.54 Å². The van der Waals surface area contributed by atoms with E-state index in [0.29, 0.717) is 0 Å². The van der Waals surface area contributed by atoms with Gasteiger partial charge in [0.2, 0.25) is 0 Å². The van der Waals surface area contributed by atoms with E-state index in [9.17, 15) is 0 Å². The van der Waals surface area contributed by atoms with Crippen molar-refractivity contribution in [1.82, 2.24) is 5.32 Å². The summed E-state index contributed by atoms with van der Waals surface area (Å²) in [5.41, 5.74) is 5.43. The van der Waals surface area contributed by atoms with Crippen LogP contribution in [0.4, 0.5) is 0 Å². The van der Waals surface area contributed by atoms with E-state index in [1.54, 1.807) is 0 Å². The Balaban J connectivity index is 2.75. The van der Waals surface area contributed by atoms with Gasteiger partial charge in [-0.3, -0.25) is 0 Å². The Morgan fingerprint density at radius 3 is 2.22 bits per heavy atom. The number of benzene rings is 1. The topological polar surface area (TPSA) is 12.0 Å². The predicted octanol–water partition coefficient (Wildman–Crippen LogP) is 6.36. The van der Waals surface area contributed by atoms with Crippen LogP contribution in [0.25, 0.3) is 5.70 Å². The van der Waals surface area contributed by atoms with Gasteiger partial charge in [-0.1, -0.05) is 79.0 Å². The molecule has 0 unspecified atom stereocenters. The van der Waals surface area contributed by atoms with Crippen LogP contribution < -0.4 is 5.32 Å². The third-order valence-electron chi connectivity index (χ3n) is 4.43. The van der Waals surface area contributed by atoms with Crippen molar-refractivity contribution < 1.29 is 0 Å². The smallest absolute Gasteiger partial charge is 0.0341 e. The van der Waals surface area contributed by atoms with Gasteiger partial charge in [0.25, 0.3) is 0 Å². The largest absolute Gasteiger partial charge is 0.385 e. The van der Waals surface area contributed by atoms with E-state index in [-0.39, 0.29) is 5.41 Å². The van der Waals surface area contributed by atoms with Crippen molar-refractivity contribution in [3.05, 3.63) is 41.5 Å². The Hall–Kier alpha value is -1.24. The highest BCUT2D eigenvalue weighted by molar-refractivity contribution is 5.62. The number of nitrogens with one attached hydrogen (secondary N) is 1. The third-order valence-corrected chi connectivity index (χ3v) is 4.43. The minimum Gasteiger partial charge on any atom is -0.385 e. The zero-order valence-corrected chi connectivity index (χ0v) is 16.3. The average molecular weight is 316 g/mol. The number of rotatable bonds is 9. The zero-order chi connectivity index (χ0) is 17.5. The molecule has 0 aliphatic carbocycles. The molecular weight excluding hydrogens is 278 g/mol.